The molecular weight excluding hydrogens is 268 g/mol. The van der Waals surface area contributed by atoms with Crippen molar-refractivity contribution >= 4 is 21.7 Å². The van der Waals surface area contributed by atoms with Gasteiger partial charge in [-0.05, 0) is 41.4 Å². The quantitative estimate of drug-likeness (QED) is 0.781. The first kappa shape index (κ1) is 13.5. The first-order valence-corrected chi connectivity index (χ1v) is 6.48. The Labute approximate surface area is 106 Å². The molecule has 3 nitrogen and oxygen atoms in total. The van der Waals surface area contributed by atoms with Crippen LogP contribution in [0.2, 0.25) is 0 Å². The number of rotatable bonds is 7. The monoisotopic (exact) mass is 286 g/mol. The summed E-state index contributed by atoms with van der Waals surface area (Å²) in [5, 5.41) is 3.23. The maximum absolute atomic E-state index is 5.45. The van der Waals surface area contributed by atoms with Gasteiger partial charge in [0.15, 0.2) is 0 Å². The van der Waals surface area contributed by atoms with Crippen LogP contribution >= 0.6 is 15.9 Å². The lowest BCUT2D eigenvalue weighted by Crippen LogP contribution is -2.11. The normalized spacial score (nSPS) is 10.4. The molecule has 0 bridgehead atoms. The molecule has 0 fully saturated rings. The van der Waals surface area contributed by atoms with Crippen LogP contribution in [0, 0.1) is 6.92 Å². The van der Waals surface area contributed by atoms with Gasteiger partial charge in [-0.25, -0.2) is 4.98 Å². The molecule has 0 aromatic carbocycles. The molecule has 16 heavy (non-hydrogen) atoms. The van der Waals surface area contributed by atoms with E-state index in [0.29, 0.717) is 0 Å². The van der Waals surface area contributed by atoms with E-state index in [1.54, 1.807) is 0 Å². The van der Waals surface area contributed by atoms with Crippen LogP contribution in [0.4, 0.5) is 5.82 Å². The smallest absolute Gasteiger partial charge is 0.126 e. The minimum Gasteiger partial charge on any atom is -0.380 e. The molecule has 0 aliphatic carbocycles. The number of pyridine rings is 1. The highest BCUT2D eigenvalue weighted by atomic mass is 79.9. The van der Waals surface area contributed by atoms with E-state index in [1.165, 1.54) is 6.42 Å². The summed E-state index contributed by atoms with van der Waals surface area (Å²) in [6.07, 6.45) is 2.32. The van der Waals surface area contributed by atoms with Gasteiger partial charge in [0.1, 0.15) is 5.82 Å². The zero-order valence-electron chi connectivity index (χ0n) is 9.92. The van der Waals surface area contributed by atoms with Gasteiger partial charge in [0.05, 0.1) is 12.3 Å². The van der Waals surface area contributed by atoms with Gasteiger partial charge < -0.3 is 10.1 Å². The summed E-state index contributed by atoms with van der Waals surface area (Å²) in [5.41, 5.74) is 0.997. The minimum atomic E-state index is 0.733. The Hall–Kier alpha value is -0.610. The van der Waals surface area contributed by atoms with Crippen LogP contribution in [0.1, 0.15) is 25.5 Å². The lowest BCUT2D eigenvalue weighted by atomic mass is 10.3. The van der Waals surface area contributed by atoms with Crippen molar-refractivity contribution in [3.05, 3.63) is 22.3 Å². The first-order chi connectivity index (χ1) is 7.74. The second-order valence-corrected chi connectivity index (χ2v) is 4.51. The van der Waals surface area contributed by atoms with Crippen molar-refractivity contribution in [2.45, 2.75) is 26.7 Å². The number of halogens is 1. The van der Waals surface area contributed by atoms with Crippen LogP contribution in [-0.2, 0) is 4.74 Å². The summed E-state index contributed by atoms with van der Waals surface area (Å²) >= 11 is 3.42. The molecule has 0 aliphatic heterocycles. The van der Waals surface area contributed by atoms with E-state index in [1.807, 2.05) is 19.1 Å². The molecule has 90 valence electrons. The highest BCUT2D eigenvalue weighted by Gasteiger charge is 1.97. The summed E-state index contributed by atoms with van der Waals surface area (Å²) in [6, 6.07) is 3.96. The van der Waals surface area contributed by atoms with Gasteiger partial charge in [-0.2, -0.15) is 0 Å². The fraction of sp³-hybridized carbons (Fsp3) is 0.583. The van der Waals surface area contributed by atoms with Crippen molar-refractivity contribution in [2.75, 3.05) is 25.1 Å². The van der Waals surface area contributed by atoms with Crippen molar-refractivity contribution in [3.8, 4) is 0 Å². The average Bonchev–Trinajstić information content (AvgIpc) is 2.28. The molecule has 0 amide bonds. The standard InChI is InChI=1S/C12H19BrN2O/c1-3-4-8-16-9-7-14-12-6-5-11(13)10(2)15-12/h5-6H,3-4,7-9H2,1-2H3,(H,14,15). The van der Waals surface area contributed by atoms with Crippen LogP contribution < -0.4 is 5.32 Å². The van der Waals surface area contributed by atoms with Crippen molar-refractivity contribution in [3.63, 3.8) is 0 Å². The third-order valence-corrected chi connectivity index (χ3v) is 3.05. The molecule has 1 aromatic heterocycles. The Morgan fingerprint density at radius 2 is 2.19 bits per heavy atom. The molecular formula is C12H19BrN2O. The molecule has 0 aliphatic rings. The summed E-state index contributed by atoms with van der Waals surface area (Å²) in [5.74, 6) is 0.903. The number of unbranched alkanes of at least 4 members (excludes halogenated alkanes) is 1. The van der Waals surface area contributed by atoms with Crippen LogP contribution in [0.25, 0.3) is 0 Å². The predicted octanol–water partition coefficient (Wildman–Crippen LogP) is 3.38. The molecule has 0 saturated carbocycles. The zero-order chi connectivity index (χ0) is 11.8. The summed E-state index contributed by atoms with van der Waals surface area (Å²) < 4.78 is 6.49. The molecule has 0 atom stereocenters. The first-order valence-electron chi connectivity index (χ1n) is 5.68. The second-order valence-electron chi connectivity index (χ2n) is 3.66. The van der Waals surface area contributed by atoms with E-state index < -0.39 is 0 Å². The topological polar surface area (TPSA) is 34.1 Å². The van der Waals surface area contributed by atoms with E-state index >= 15 is 0 Å². The fourth-order valence-corrected chi connectivity index (χ4v) is 1.46. The Bertz CT molecular complexity index is 318. The largest absolute Gasteiger partial charge is 0.380 e. The third-order valence-electron chi connectivity index (χ3n) is 2.22. The molecule has 1 N–H and O–H groups in total. The van der Waals surface area contributed by atoms with E-state index in [2.05, 4.69) is 33.2 Å². The average molecular weight is 287 g/mol. The van der Waals surface area contributed by atoms with Gasteiger partial charge in [-0.15, -0.1) is 0 Å². The maximum Gasteiger partial charge on any atom is 0.126 e. The lowest BCUT2D eigenvalue weighted by Gasteiger charge is -2.07. The van der Waals surface area contributed by atoms with Crippen LogP contribution in [0.15, 0.2) is 16.6 Å². The van der Waals surface area contributed by atoms with Gasteiger partial charge in [-0.1, -0.05) is 13.3 Å². The van der Waals surface area contributed by atoms with Gasteiger partial charge in [0.2, 0.25) is 0 Å². The Morgan fingerprint density at radius 1 is 1.38 bits per heavy atom. The number of anilines is 1. The minimum absolute atomic E-state index is 0.733. The molecule has 0 unspecified atom stereocenters. The molecule has 4 heteroatoms. The number of nitrogens with one attached hydrogen (secondary N) is 1. The second kappa shape index (κ2) is 7.63. The van der Waals surface area contributed by atoms with Crippen molar-refractivity contribution in [2.24, 2.45) is 0 Å². The Morgan fingerprint density at radius 3 is 2.88 bits per heavy atom. The summed E-state index contributed by atoms with van der Waals surface area (Å²) in [4.78, 5) is 4.39. The number of hydrogen-bond acceptors (Lipinski definition) is 3. The molecule has 1 heterocycles. The fourth-order valence-electron chi connectivity index (χ4n) is 1.24. The molecule has 1 rings (SSSR count). The molecule has 1 aromatic rings. The Kier molecular flexibility index (Phi) is 6.42. The van der Waals surface area contributed by atoms with Gasteiger partial charge in [0, 0.05) is 17.6 Å². The molecule has 0 saturated heterocycles. The number of hydrogen-bond donors (Lipinski definition) is 1. The van der Waals surface area contributed by atoms with E-state index in [0.717, 1.165) is 42.2 Å². The molecule has 0 radical (unpaired) electrons. The van der Waals surface area contributed by atoms with Gasteiger partial charge in [-0.3, -0.25) is 0 Å². The van der Waals surface area contributed by atoms with Crippen LogP contribution in [-0.4, -0.2) is 24.7 Å². The van der Waals surface area contributed by atoms with Crippen molar-refractivity contribution in [1.29, 1.82) is 0 Å². The van der Waals surface area contributed by atoms with Gasteiger partial charge in [0.25, 0.3) is 0 Å². The van der Waals surface area contributed by atoms with Crippen LogP contribution in [0.5, 0.6) is 0 Å². The SMILES string of the molecule is CCCCOCCNc1ccc(Br)c(C)n1. The summed E-state index contributed by atoms with van der Waals surface area (Å²) in [6.45, 7) is 6.53. The predicted molar refractivity (Wildman–Crippen MR) is 70.9 cm³/mol. The molecule has 0 spiro atoms. The summed E-state index contributed by atoms with van der Waals surface area (Å²) in [7, 11) is 0. The maximum atomic E-state index is 5.45. The highest BCUT2D eigenvalue weighted by molar-refractivity contribution is 9.10. The van der Waals surface area contributed by atoms with Gasteiger partial charge >= 0.3 is 0 Å². The zero-order valence-corrected chi connectivity index (χ0v) is 11.5. The third kappa shape index (κ3) is 4.94. The van der Waals surface area contributed by atoms with E-state index in [9.17, 15) is 0 Å². The lowest BCUT2D eigenvalue weighted by molar-refractivity contribution is 0.141. The van der Waals surface area contributed by atoms with Crippen LogP contribution in [0.3, 0.4) is 0 Å². The Balaban J connectivity index is 2.19. The number of aryl methyl sites for hydroxylation is 1. The van der Waals surface area contributed by atoms with Crippen molar-refractivity contribution in [1.82, 2.24) is 4.98 Å². The van der Waals surface area contributed by atoms with E-state index in [-0.39, 0.29) is 0 Å². The number of ether oxygens (including phenoxy) is 1. The number of aromatic nitrogens is 1. The van der Waals surface area contributed by atoms with Crippen molar-refractivity contribution < 1.29 is 4.74 Å². The number of nitrogens with zero attached hydrogens (tertiary/aromatic N) is 1. The highest BCUT2D eigenvalue weighted by Crippen LogP contribution is 2.15. The van der Waals surface area contributed by atoms with E-state index in [4.69, 9.17) is 4.74 Å².